The highest BCUT2D eigenvalue weighted by atomic mass is 16.6. The van der Waals surface area contributed by atoms with E-state index in [-0.39, 0.29) is 0 Å². The van der Waals surface area contributed by atoms with E-state index in [9.17, 15) is 5.11 Å². The monoisotopic (exact) mass is 397 g/mol. The van der Waals surface area contributed by atoms with Crippen LogP contribution in [0.4, 0.5) is 5.69 Å². The lowest BCUT2D eigenvalue weighted by molar-refractivity contribution is -0.0798. The predicted molar refractivity (Wildman–Crippen MR) is 123 cm³/mol. The second-order valence-corrected chi connectivity index (χ2v) is 8.49. The Balaban J connectivity index is 1.43. The van der Waals surface area contributed by atoms with Crippen LogP contribution < -0.4 is 4.74 Å². The first-order chi connectivity index (χ1) is 15.2. The summed E-state index contributed by atoms with van der Waals surface area (Å²) >= 11 is 0. The van der Waals surface area contributed by atoms with Crippen LogP contribution in [-0.4, -0.2) is 10.8 Å². The maximum Gasteiger partial charge on any atom is 0.280 e. The topological polar surface area (TPSA) is 41.8 Å². The fraction of sp³-hybridized carbons (Fsp3) is 0.0357. The zero-order valence-electron chi connectivity index (χ0n) is 16.4. The minimum atomic E-state index is -1.57. The van der Waals surface area contributed by atoms with E-state index in [1.165, 1.54) is 21.9 Å². The van der Waals surface area contributed by atoms with E-state index < -0.39 is 5.79 Å². The number of hydrogen-bond donors (Lipinski definition) is 1. The highest BCUT2D eigenvalue weighted by Gasteiger charge is 2.49. The number of fused-ring (bicyclic) bond motifs is 7. The average molecular weight is 397 g/mol. The maximum atomic E-state index is 11.7. The summed E-state index contributed by atoms with van der Waals surface area (Å²) < 4.78 is 6.36. The largest absolute Gasteiger partial charge is 0.450 e. The van der Waals surface area contributed by atoms with Gasteiger partial charge in [0.15, 0.2) is 0 Å². The van der Waals surface area contributed by atoms with Crippen LogP contribution in [0.1, 0.15) is 11.1 Å². The molecule has 5 aromatic rings. The molecule has 31 heavy (non-hydrogen) atoms. The van der Waals surface area contributed by atoms with Gasteiger partial charge in [-0.2, -0.15) is 0 Å². The van der Waals surface area contributed by atoms with Crippen molar-refractivity contribution in [3.63, 3.8) is 0 Å². The van der Waals surface area contributed by atoms with E-state index in [0.29, 0.717) is 11.5 Å². The van der Waals surface area contributed by atoms with Crippen molar-refractivity contribution in [1.29, 1.82) is 0 Å². The second-order valence-electron chi connectivity index (χ2n) is 8.49. The first-order valence-electron chi connectivity index (χ1n) is 10.5. The van der Waals surface area contributed by atoms with Gasteiger partial charge in [-0.15, -0.1) is 0 Å². The lowest BCUT2D eigenvalue weighted by atomic mass is 10.00. The molecule has 0 spiro atoms. The van der Waals surface area contributed by atoms with Crippen LogP contribution in [0.3, 0.4) is 0 Å². The Bertz CT molecular complexity index is 1670. The van der Waals surface area contributed by atoms with Gasteiger partial charge in [0.25, 0.3) is 5.79 Å². The zero-order valence-corrected chi connectivity index (χ0v) is 16.4. The predicted octanol–water partition coefficient (Wildman–Crippen LogP) is 6.31. The number of nitrogens with zero attached hydrogens (tertiary/aromatic N) is 1. The van der Waals surface area contributed by atoms with Gasteiger partial charge in [-0.1, -0.05) is 72.8 Å². The van der Waals surface area contributed by atoms with E-state index >= 15 is 0 Å². The number of aliphatic imine (C=N–C) groups is 1. The second kappa shape index (κ2) is 5.02. The summed E-state index contributed by atoms with van der Waals surface area (Å²) in [6, 6.07) is 29.0. The van der Waals surface area contributed by atoms with Crippen molar-refractivity contribution in [3.8, 4) is 28.0 Å². The summed E-state index contributed by atoms with van der Waals surface area (Å²) in [5, 5.41) is 16.3. The van der Waals surface area contributed by atoms with Crippen LogP contribution in [0.25, 0.3) is 43.8 Å². The van der Waals surface area contributed by atoms with Crippen LogP contribution >= 0.6 is 0 Å². The van der Waals surface area contributed by atoms with E-state index in [1.807, 2.05) is 30.3 Å². The summed E-state index contributed by atoms with van der Waals surface area (Å²) in [6.07, 6.45) is 0. The van der Waals surface area contributed by atoms with Crippen molar-refractivity contribution in [2.24, 2.45) is 4.99 Å². The van der Waals surface area contributed by atoms with Gasteiger partial charge in [-0.05, 0) is 50.5 Å². The molecular weight excluding hydrogens is 382 g/mol. The molecule has 0 saturated carbocycles. The van der Waals surface area contributed by atoms with Crippen molar-refractivity contribution >= 4 is 32.9 Å². The van der Waals surface area contributed by atoms with Gasteiger partial charge in [0.1, 0.15) is 17.1 Å². The third-order valence-electron chi connectivity index (χ3n) is 6.92. The minimum Gasteiger partial charge on any atom is -0.450 e. The number of ether oxygens (including phenoxy) is 1. The Kier molecular flexibility index (Phi) is 2.57. The van der Waals surface area contributed by atoms with Gasteiger partial charge in [0.05, 0.1) is 0 Å². The number of benzene rings is 5. The molecule has 3 heteroatoms. The Morgan fingerprint density at radius 2 is 1.26 bits per heavy atom. The molecule has 1 unspecified atom stereocenters. The molecule has 1 atom stereocenters. The van der Waals surface area contributed by atoms with Crippen LogP contribution in [-0.2, 0) is 5.79 Å². The van der Waals surface area contributed by atoms with Crippen molar-refractivity contribution in [1.82, 2.24) is 0 Å². The van der Waals surface area contributed by atoms with Crippen molar-refractivity contribution in [2.45, 2.75) is 5.79 Å². The molecule has 0 amide bonds. The van der Waals surface area contributed by atoms with E-state index in [1.54, 1.807) is 0 Å². The third-order valence-corrected chi connectivity index (χ3v) is 6.92. The summed E-state index contributed by atoms with van der Waals surface area (Å²) in [7, 11) is 0. The standard InChI is InChI=1S/C28H15NO2/c30-28-22-12-4-8-16-7-3-11-19(26(16)22)27(28)29-23-13-20-17-9-1-5-15-6-2-10-18(25(15)17)21(20)14-24(23)31-28/h1-14,30H. The minimum absolute atomic E-state index is 0.570. The van der Waals surface area contributed by atoms with E-state index in [4.69, 9.17) is 9.73 Å². The van der Waals surface area contributed by atoms with E-state index in [2.05, 4.69) is 54.6 Å². The summed E-state index contributed by atoms with van der Waals surface area (Å²) in [4.78, 5) is 4.96. The molecule has 0 saturated heterocycles. The molecule has 3 aliphatic rings. The summed E-state index contributed by atoms with van der Waals surface area (Å²) in [6.45, 7) is 0. The summed E-state index contributed by atoms with van der Waals surface area (Å²) in [5.74, 6) is -0.957. The molecule has 1 aliphatic heterocycles. The molecule has 2 aliphatic carbocycles. The molecule has 1 heterocycles. The average Bonchev–Trinajstić information content (AvgIpc) is 3.24. The van der Waals surface area contributed by atoms with Crippen LogP contribution in [0.5, 0.6) is 5.75 Å². The van der Waals surface area contributed by atoms with Gasteiger partial charge >= 0.3 is 0 Å². The van der Waals surface area contributed by atoms with Crippen LogP contribution in [0.15, 0.2) is 89.9 Å². The Hall–Kier alpha value is -3.95. The first kappa shape index (κ1) is 15.8. The lowest BCUT2D eigenvalue weighted by Gasteiger charge is -2.31. The Morgan fingerprint density at radius 1 is 0.645 bits per heavy atom. The lowest BCUT2D eigenvalue weighted by Crippen LogP contribution is -2.40. The SMILES string of the molecule is OC12Oc3cc4c(cc3N=C1c1cccc3cccc2c13)-c1cccc2cccc-4c12. The third kappa shape index (κ3) is 1.74. The fourth-order valence-electron chi connectivity index (χ4n) is 5.62. The molecule has 3 nitrogen and oxygen atoms in total. The molecule has 0 fully saturated rings. The number of aliphatic hydroxyl groups is 1. The molecule has 1 N–H and O–H groups in total. The van der Waals surface area contributed by atoms with Crippen molar-refractivity contribution in [2.75, 3.05) is 0 Å². The van der Waals surface area contributed by atoms with Gasteiger partial charge in [-0.3, -0.25) is 0 Å². The molecular formula is C28H15NO2. The fourth-order valence-corrected chi connectivity index (χ4v) is 5.62. The summed E-state index contributed by atoms with van der Waals surface area (Å²) in [5.41, 5.74) is 7.74. The van der Waals surface area contributed by atoms with Crippen molar-refractivity contribution < 1.29 is 9.84 Å². The van der Waals surface area contributed by atoms with E-state index in [0.717, 1.165) is 38.7 Å². The number of hydrogen-bond acceptors (Lipinski definition) is 3. The van der Waals surface area contributed by atoms with Crippen LogP contribution in [0.2, 0.25) is 0 Å². The molecule has 144 valence electrons. The maximum absolute atomic E-state index is 11.7. The Labute approximate surface area is 177 Å². The smallest absolute Gasteiger partial charge is 0.280 e. The van der Waals surface area contributed by atoms with Gasteiger partial charge in [0.2, 0.25) is 0 Å². The molecule has 0 aromatic heterocycles. The first-order valence-corrected chi connectivity index (χ1v) is 10.5. The zero-order chi connectivity index (χ0) is 20.3. The molecule has 8 rings (SSSR count). The quantitative estimate of drug-likeness (QED) is 0.326. The van der Waals surface area contributed by atoms with Crippen LogP contribution in [0, 0.1) is 0 Å². The highest BCUT2D eigenvalue weighted by Crippen LogP contribution is 2.54. The molecule has 5 aromatic carbocycles. The van der Waals surface area contributed by atoms with Gasteiger partial charge in [0, 0.05) is 16.5 Å². The number of rotatable bonds is 0. The van der Waals surface area contributed by atoms with Gasteiger partial charge in [-0.25, -0.2) is 4.99 Å². The highest BCUT2D eigenvalue weighted by molar-refractivity contribution is 6.23. The molecule has 0 radical (unpaired) electrons. The van der Waals surface area contributed by atoms with Crippen molar-refractivity contribution in [3.05, 3.63) is 96.1 Å². The normalized spacial score (nSPS) is 19.1. The van der Waals surface area contributed by atoms with Gasteiger partial charge < -0.3 is 9.84 Å². The Morgan fingerprint density at radius 3 is 2.00 bits per heavy atom. The molecule has 0 bridgehead atoms.